The summed E-state index contributed by atoms with van der Waals surface area (Å²) in [6.07, 6.45) is 1.02. The summed E-state index contributed by atoms with van der Waals surface area (Å²) in [5.74, 6) is 0. The van der Waals surface area contributed by atoms with E-state index in [1.165, 1.54) is 92.7 Å². The third-order valence-electron chi connectivity index (χ3n) is 10.1. The first-order valence-corrected chi connectivity index (χ1v) is 17.7. The van der Waals surface area contributed by atoms with Crippen molar-refractivity contribution < 1.29 is 0 Å². The summed E-state index contributed by atoms with van der Waals surface area (Å²) in [6, 6.07) is 56.4. The number of nitrogens with zero attached hydrogens (tertiary/aromatic N) is 1. The van der Waals surface area contributed by atoms with E-state index in [9.17, 15) is 0 Å². The van der Waals surface area contributed by atoms with Crippen molar-refractivity contribution in [1.82, 2.24) is 0 Å². The van der Waals surface area contributed by atoms with Gasteiger partial charge in [0, 0.05) is 43.7 Å². The molecule has 230 valence electrons. The Bertz CT molecular complexity index is 2490. The van der Waals surface area contributed by atoms with Crippen molar-refractivity contribution in [1.29, 1.82) is 0 Å². The molecule has 0 amide bonds. The Morgan fingerprint density at radius 2 is 1.17 bits per heavy atom. The summed E-state index contributed by atoms with van der Waals surface area (Å²) < 4.78 is 2.68. The zero-order valence-corrected chi connectivity index (χ0v) is 28.0. The third-order valence-corrected chi connectivity index (χ3v) is 11.2. The van der Waals surface area contributed by atoms with E-state index in [0.29, 0.717) is 0 Å². The number of hydrogen-bond donors (Lipinski definition) is 0. The van der Waals surface area contributed by atoms with Crippen LogP contribution in [-0.2, 0) is 13.0 Å². The molecular weight excluding hydrogens is 599 g/mol. The first-order valence-electron chi connectivity index (χ1n) is 16.9. The van der Waals surface area contributed by atoms with Gasteiger partial charge in [0.15, 0.2) is 0 Å². The number of fused-ring (bicyclic) bond motifs is 6. The predicted octanol–water partition coefficient (Wildman–Crippen LogP) is 13.2. The molecular formula is C46H35NS. The number of anilines is 2. The maximum absolute atomic E-state index is 2.46. The number of thiophene rings is 1. The zero-order chi connectivity index (χ0) is 32.2. The van der Waals surface area contributed by atoms with Gasteiger partial charge in [-0.2, -0.15) is 0 Å². The summed E-state index contributed by atoms with van der Waals surface area (Å²) in [6.45, 7) is 5.30. The van der Waals surface area contributed by atoms with Crippen molar-refractivity contribution in [3.05, 3.63) is 168 Å². The molecule has 0 saturated heterocycles. The lowest BCUT2D eigenvalue weighted by molar-refractivity contribution is 0.961. The van der Waals surface area contributed by atoms with E-state index in [-0.39, 0.29) is 0 Å². The second-order valence-electron chi connectivity index (χ2n) is 12.9. The van der Waals surface area contributed by atoms with Crippen LogP contribution in [0, 0.1) is 6.92 Å². The standard InChI is InChI=1S/C46H35NS/c1-3-31-11-7-8-14-38(31)40-25-32(18-17-30(40)2)34-21-23-44-42(27-34)41-26-33(19-20-36(41)29-47(44)37-12-5-4-6-13-37)35-22-24-46-43(28-35)39-15-9-10-16-45(39)48-46/h4-28H,3,29H2,1-2H3. The van der Waals surface area contributed by atoms with E-state index in [1.807, 2.05) is 11.3 Å². The highest BCUT2D eigenvalue weighted by atomic mass is 32.1. The van der Waals surface area contributed by atoms with Crippen molar-refractivity contribution in [3.63, 3.8) is 0 Å². The molecule has 0 fully saturated rings. The normalized spacial score (nSPS) is 12.3. The Labute approximate surface area is 286 Å². The molecule has 0 radical (unpaired) electrons. The van der Waals surface area contributed by atoms with E-state index >= 15 is 0 Å². The Balaban J connectivity index is 1.20. The van der Waals surface area contributed by atoms with Crippen LogP contribution < -0.4 is 4.90 Å². The highest BCUT2D eigenvalue weighted by Crippen LogP contribution is 2.46. The maximum atomic E-state index is 2.46. The van der Waals surface area contributed by atoms with Gasteiger partial charge in [-0.25, -0.2) is 0 Å². The lowest BCUT2D eigenvalue weighted by Gasteiger charge is -2.33. The molecule has 0 bridgehead atoms. The van der Waals surface area contributed by atoms with Crippen LogP contribution in [0.5, 0.6) is 0 Å². The highest BCUT2D eigenvalue weighted by Gasteiger charge is 2.25. The van der Waals surface area contributed by atoms with Gasteiger partial charge in [-0.15, -0.1) is 11.3 Å². The molecule has 0 N–H and O–H groups in total. The molecule has 1 aliphatic rings. The lowest BCUT2D eigenvalue weighted by atomic mass is 9.87. The van der Waals surface area contributed by atoms with Gasteiger partial charge in [0.2, 0.25) is 0 Å². The Hall–Kier alpha value is -5.44. The van der Waals surface area contributed by atoms with Crippen LogP contribution in [0.2, 0.25) is 0 Å². The summed E-state index contributed by atoms with van der Waals surface area (Å²) in [5, 5.41) is 2.67. The lowest BCUT2D eigenvalue weighted by Crippen LogP contribution is -2.21. The van der Waals surface area contributed by atoms with Gasteiger partial charge in [0.1, 0.15) is 0 Å². The van der Waals surface area contributed by atoms with Gasteiger partial charge < -0.3 is 4.90 Å². The van der Waals surface area contributed by atoms with E-state index < -0.39 is 0 Å². The Morgan fingerprint density at radius 3 is 2.02 bits per heavy atom. The molecule has 2 heteroatoms. The second-order valence-corrected chi connectivity index (χ2v) is 14.0. The number of aryl methyl sites for hydroxylation is 2. The minimum atomic E-state index is 0.836. The fourth-order valence-electron chi connectivity index (χ4n) is 7.49. The molecule has 0 aliphatic carbocycles. The molecule has 1 aliphatic heterocycles. The van der Waals surface area contributed by atoms with E-state index in [4.69, 9.17) is 0 Å². The molecule has 8 aromatic rings. The molecule has 7 aromatic carbocycles. The van der Waals surface area contributed by atoms with Crippen molar-refractivity contribution in [2.24, 2.45) is 0 Å². The summed E-state index contributed by atoms with van der Waals surface area (Å²) in [4.78, 5) is 2.46. The predicted molar refractivity (Wildman–Crippen MR) is 207 cm³/mol. The molecule has 0 atom stereocenters. The van der Waals surface area contributed by atoms with Crippen LogP contribution in [0.25, 0.3) is 64.7 Å². The quantitative estimate of drug-likeness (QED) is 0.182. The number of para-hydroxylation sites is 1. The van der Waals surface area contributed by atoms with Crippen LogP contribution in [0.1, 0.15) is 23.6 Å². The molecule has 1 aromatic heterocycles. The fraction of sp³-hybridized carbons (Fsp3) is 0.0870. The fourth-order valence-corrected chi connectivity index (χ4v) is 8.58. The van der Waals surface area contributed by atoms with Gasteiger partial charge in [-0.1, -0.05) is 104 Å². The summed E-state index contributed by atoms with van der Waals surface area (Å²) in [7, 11) is 0. The van der Waals surface area contributed by atoms with Gasteiger partial charge in [-0.05, 0) is 124 Å². The number of rotatable bonds is 5. The van der Waals surface area contributed by atoms with Gasteiger partial charge in [0.25, 0.3) is 0 Å². The zero-order valence-electron chi connectivity index (χ0n) is 27.2. The van der Waals surface area contributed by atoms with Crippen molar-refractivity contribution in [2.75, 3.05) is 4.90 Å². The smallest absolute Gasteiger partial charge is 0.0494 e. The van der Waals surface area contributed by atoms with E-state index in [2.05, 4.69) is 170 Å². The minimum Gasteiger partial charge on any atom is -0.336 e. The number of hydrogen-bond acceptors (Lipinski definition) is 2. The van der Waals surface area contributed by atoms with Crippen LogP contribution in [0.15, 0.2) is 152 Å². The summed E-state index contributed by atoms with van der Waals surface area (Å²) >= 11 is 1.87. The van der Waals surface area contributed by atoms with Crippen molar-refractivity contribution in [3.8, 4) is 44.5 Å². The van der Waals surface area contributed by atoms with E-state index in [0.717, 1.165) is 13.0 Å². The van der Waals surface area contributed by atoms with Crippen LogP contribution in [0.3, 0.4) is 0 Å². The molecule has 1 nitrogen and oxygen atoms in total. The second kappa shape index (κ2) is 11.7. The molecule has 2 heterocycles. The highest BCUT2D eigenvalue weighted by molar-refractivity contribution is 7.25. The van der Waals surface area contributed by atoms with Crippen molar-refractivity contribution in [2.45, 2.75) is 26.8 Å². The minimum absolute atomic E-state index is 0.836. The molecule has 0 saturated carbocycles. The summed E-state index contributed by atoms with van der Waals surface area (Å²) in [5.41, 5.74) is 16.7. The Morgan fingerprint density at radius 1 is 0.521 bits per heavy atom. The third kappa shape index (κ3) is 4.84. The SMILES string of the molecule is CCc1ccccc1-c1cc(-c2ccc3c(c2)-c2cc(-c4ccc5sc6ccccc6c5c4)ccc2CN3c2ccccc2)ccc1C. The van der Waals surface area contributed by atoms with Crippen molar-refractivity contribution >= 4 is 42.9 Å². The molecule has 9 rings (SSSR count). The molecule has 0 spiro atoms. The largest absolute Gasteiger partial charge is 0.336 e. The maximum Gasteiger partial charge on any atom is 0.0494 e. The average molecular weight is 634 g/mol. The van der Waals surface area contributed by atoms with Crippen LogP contribution in [0.4, 0.5) is 11.4 Å². The van der Waals surface area contributed by atoms with Gasteiger partial charge in [0.05, 0.1) is 0 Å². The number of benzene rings is 7. The monoisotopic (exact) mass is 633 g/mol. The first-order chi connectivity index (χ1) is 23.6. The topological polar surface area (TPSA) is 3.24 Å². The van der Waals surface area contributed by atoms with Gasteiger partial charge >= 0.3 is 0 Å². The first kappa shape index (κ1) is 28.8. The van der Waals surface area contributed by atoms with Crippen LogP contribution in [-0.4, -0.2) is 0 Å². The van der Waals surface area contributed by atoms with Crippen LogP contribution >= 0.6 is 11.3 Å². The molecule has 48 heavy (non-hydrogen) atoms. The average Bonchev–Trinajstić information content (AvgIpc) is 3.53. The van der Waals surface area contributed by atoms with Gasteiger partial charge in [-0.3, -0.25) is 0 Å². The molecule has 0 unspecified atom stereocenters. The van der Waals surface area contributed by atoms with E-state index in [1.54, 1.807) is 0 Å². The Kier molecular flexibility index (Phi) is 6.99.